The number of aromatic amines is 2. The lowest BCUT2D eigenvalue weighted by atomic mass is 10.0. The van der Waals surface area contributed by atoms with Crippen LogP contribution in [-0.2, 0) is 4.79 Å². The molecule has 2 aromatic heterocycles. The number of imidazole rings is 1. The van der Waals surface area contributed by atoms with Gasteiger partial charge in [-0.15, -0.1) is 0 Å². The van der Waals surface area contributed by atoms with Gasteiger partial charge in [-0.05, 0) is 37.1 Å². The molecular formula is C20H19N5O2. The first-order valence-corrected chi connectivity index (χ1v) is 8.85. The van der Waals surface area contributed by atoms with Crippen LogP contribution < -0.4 is 10.9 Å². The number of nitrogens with zero attached hydrogens (tertiary/aromatic N) is 2. The molecule has 0 saturated heterocycles. The second-order valence-corrected chi connectivity index (χ2v) is 6.52. The summed E-state index contributed by atoms with van der Waals surface area (Å²) in [6, 6.07) is 11.3. The SMILES string of the molecule is CCCC(=O)Nc1nc2c(C)cc(-c3n[nH]c(=O)c4ccccc34)cc2[nH]1. The van der Waals surface area contributed by atoms with Crippen LogP contribution in [0.25, 0.3) is 33.1 Å². The fourth-order valence-corrected chi connectivity index (χ4v) is 3.24. The summed E-state index contributed by atoms with van der Waals surface area (Å²) in [6.45, 7) is 3.91. The van der Waals surface area contributed by atoms with Gasteiger partial charge >= 0.3 is 0 Å². The number of hydrogen-bond acceptors (Lipinski definition) is 4. The molecule has 7 heteroatoms. The highest BCUT2D eigenvalue weighted by molar-refractivity contribution is 5.97. The molecule has 3 N–H and O–H groups in total. The Morgan fingerprint density at radius 2 is 1.96 bits per heavy atom. The maximum atomic E-state index is 12.0. The van der Waals surface area contributed by atoms with Crippen LogP contribution in [0.5, 0.6) is 0 Å². The van der Waals surface area contributed by atoms with E-state index in [1.807, 2.05) is 44.2 Å². The van der Waals surface area contributed by atoms with Crippen molar-refractivity contribution in [2.24, 2.45) is 0 Å². The molecule has 0 aliphatic heterocycles. The number of nitrogens with one attached hydrogen (secondary N) is 3. The largest absolute Gasteiger partial charge is 0.324 e. The Kier molecular flexibility index (Phi) is 4.19. The number of hydrogen-bond donors (Lipinski definition) is 3. The highest BCUT2D eigenvalue weighted by Crippen LogP contribution is 2.29. The van der Waals surface area contributed by atoms with Gasteiger partial charge in [0, 0.05) is 17.4 Å². The van der Waals surface area contributed by atoms with Gasteiger partial charge in [-0.2, -0.15) is 5.10 Å². The van der Waals surface area contributed by atoms with Crippen LogP contribution >= 0.6 is 0 Å². The van der Waals surface area contributed by atoms with E-state index in [9.17, 15) is 9.59 Å². The highest BCUT2D eigenvalue weighted by Gasteiger charge is 2.13. The van der Waals surface area contributed by atoms with Crippen molar-refractivity contribution in [2.45, 2.75) is 26.7 Å². The Balaban J connectivity index is 1.83. The molecule has 0 radical (unpaired) electrons. The first-order valence-electron chi connectivity index (χ1n) is 8.85. The third-order valence-electron chi connectivity index (χ3n) is 4.48. The van der Waals surface area contributed by atoms with Crippen LogP contribution in [0.1, 0.15) is 25.3 Å². The molecular weight excluding hydrogens is 342 g/mol. The molecule has 1 amide bonds. The second-order valence-electron chi connectivity index (χ2n) is 6.52. The second kappa shape index (κ2) is 6.68. The number of anilines is 1. The van der Waals surface area contributed by atoms with Crippen molar-refractivity contribution in [3.63, 3.8) is 0 Å². The third kappa shape index (κ3) is 3.08. The zero-order chi connectivity index (χ0) is 19.0. The fraction of sp³-hybridized carbons (Fsp3) is 0.200. The molecule has 136 valence electrons. The number of carbonyl (C=O) groups excluding carboxylic acids is 1. The van der Waals surface area contributed by atoms with Gasteiger partial charge < -0.3 is 4.98 Å². The summed E-state index contributed by atoms with van der Waals surface area (Å²) in [5.41, 5.74) is 3.89. The molecule has 7 nitrogen and oxygen atoms in total. The number of H-pyrrole nitrogens is 2. The molecule has 0 fully saturated rings. The molecule has 2 aromatic carbocycles. The van der Waals surface area contributed by atoms with Gasteiger partial charge in [0.1, 0.15) is 0 Å². The number of rotatable bonds is 4. The van der Waals surface area contributed by atoms with Gasteiger partial charge in [-0.1, -0.05) is 25.1 Å². The Hall–Kier alpha value is -3.48. The zero-order valence-corrected chi connectivity index (χ0v) is 15.1. The molecule has 0 saturated carbocycles. The quantitative estimate of drug-likeness (QED) is 0.517. The Morgan fingerprint density at radius 1 is 1.19 bits per heavy atom. The van der Waals surface area contributed by atoms with Crippen LogP contribution in [0, 0.1) is 6.92 Å². The van der Waals surface area contributed by atoms with Crippen molar-refractivity contribution in [3.05, 3.63) is 52.3 Å². The summed E-state index contributed by atoms with van der Waals surface area (Å²) in [5, 5.41) is 11.0. The van der Waals surface area contributed by atoms with Crippen molar-refractivity contribution in [3.8, 4) is 11.3 Å². The van der Waals surface area contributed by atoms with Crippen molar-refractivity contribution in [1.29, 1.82) is 0 Å². The third-order valence-corrected chi connectivity index (χ3v) is 4.48. The van der Waals surface area contributed by atoms with Crippen molar-refractivity contribution in [2.75, 3.05) is 5.32 Å². The van der Waals surface area contributed by atoms with Crippen LogP contribution in [0.3, 0.4) is 0 Å². The standard InChI is InChI=1S/C20H19N5O2/c1-3-6-16(26)22-20-21-15-10-12(9-11(2)17(15)23-20)18-13-7-4-5-8-14(13)19(27)25-24-18/h4-5,7-10H,3,6H2,1-2H3,(H,25,27)(H2,21,22,23,26). The van der Waals surface area contributed by atoms with Gasteiger partial charge in [-0.25, -0.2) is 10.1 Å². The number of carbonyl (C=O) groups is 1. The predicted molar refractivity (Wildman–Crippen MR) is 106 cm³/mol. The van der Waals surface area contributed by atoms with E-state index < -0.39 is 0 Å². The number of amides is 1. The summed E-state index contributed by atoms with van der Waals surface area (Å²) in [5.74, 6) is 0.366. The van der Waals surface area contributed by atoms with E-state index in [4.69, 9.17) is 0 Å². The lowest BCUT2D eigenvalue weighted by Crippen LogP contribution is -2.11. The van der Waals surface area contributed by atoms with Crippen molar-refractivity contribution < 1.29 is 4.79 Å². The summed E-state index contributed by atoms with van der Waals surface area (Å²) in [7, 11) is 0. The van der Waals surface area contributed by atoms with Crippen LogP contribution in [0.2, 0.25) is 0 Å². The van der Waals surface area contributed by atoms with Gasteiger partial charge in [0.25, 0.3) is 5.56 Å². The molecule has 0 aliphatic carbocycles. The Morgan fingerprint density at radius 3 is 2.74 bits per heavy atom. The van der Waals surface area contributed by atoms with Gasteiger partial charge in [-0.3, -0.25) is 14.9 Å². The first-order chi connectivity index (χ1) is 13.1. The van der Waals surface area contributed by atoms with Crippen molar-refractivity contribution in [1.82, 2.24) is 20.2 Å². The van der Waals surface area contributed by atoms with Crippen LogP contribution in [-0.4, -0.2) is 26.1 Å². The monoisotopic (exact) mass is 361 g/mol. The van der Waals surface area contributed by atoms with E-state index in [2.05, 4.69) is 25.5 Å². The van der Waals surface area contributed by atoms with Crippen LogP contribution in [0.15, 0.2) is 41.2 Å². The topological polar surface area (TPSA) is 104 Å². The Labute approximate surface area is 154 Å². The molecule has 0 spiro atoms. The molecule has 27 heavy (non-hydrogen) atoms. The molecule has 2 heterocycles. The minimum absolute atomic E-state index is 0.0669. The van der Waals surface area contributed by atoms with Crippen molar-refractivity contribution >= 4 is 33.7 Å². The number of benzene rings is 2. The van der Waals surface area contributed by atoms with Gasteiger partial charge in [0.15, 0.2) is 0 Å². The molecule has 0 atom stereocenters. The first kappa shape index (κ1) is 17.0. The van der Waals surface area contributed by atoms with E-state index in [0.29, 0.717) is 23.4 Å². The Bertz CT molecular complexity index is 1220. The highest BCUT2D eigenvalue weighted by atomic mass is 16.1. The van der Waals surface area contributed by atoms with E-state index in [0.717, 1.165) is 34.0 Å². The minimum Gasteiger partial charge on any atom is -0.324 e. The predicted octanol–water partition coefficient (Wildman–Crippen LogP) is 3.51. The molecule has 4 rings (SSSR count). The average Bonchev–Trinajstić information content (AvgIpc) is 3.05. The van der Waals surface area contributed by atoms with Gasteiger partial charge in [0.2, 0.25) is 11.9 Å². The number of fused-ring (bicyclic) bond motifs is 2. The molecule has 0 bridgehead atoms. The van der Waals surface area contributed by atoms with Crippen LogP contribution in [0.4, 0.5) is 5.95 Å². The normalized spacial score (nSPS) is 11.2. The number of aryl methyl sites for hydroxylation is 1. The molecule has 4 aromatic rings. The van der Waals surface area contributed by atoms with Gasteiger partial charge in [0.05, 0.1) is 22.1 Å². The summed E-state index contributed by atoms with van der Waals surface area (Å²) in [4.78, 5) is 31.5. The maximum Gasteiger partial charge on any atom is 0.272 e. The number of aromatic nitrogens is 4. The average molecular weight is 361 g/mol. The summed E-state index contributed by atoms with van der Waals surface area (Å²) >= 11 is 0. The lowest BCUT2D eigenvalue weighted by molar-refractivity contribution is -0.116. The maximum absolute atomic E-state index is 12.0. The van der Waals surface area contributed by atoms with E-state index >= 15 is 0 Å². The minimum atomic E-state index is -0.213. The summed E-state index contributed by atoms with van der Waals surface area (Å²) < 4.78 is 0. The fourth-order valence-electron chi connectivity index (χ4n) is 3.24. The smallest absolute Gasteiger partial charge is 0.272 e. The lowest BCUT2D eigenvalue weighted by Gasteiger charge is -2.06. The zero-order valence-electron chi connectivity index (χ0n) is 15.1. The molecule has 0 unspecified atom stereocenters. The summed E-state index contributed by atoms with van der Waals surface area (Å²) in [6.07, 6.45) is 1.23. The van der Waals surface area contributed by atoms with E-state index in [1.54, 1.807) is 6.07 Å². The van der Waals surface area contributed by atoms with E-state index in [1.165, 1.54) is 0 Å². The van der Waals surface area contributed by atoms with E-state index in [-0.39, 0.29) is 11.5 Å². The molecule has 0 aliphatic rings.